The Labute approximate surface area is 151 Å². The molecule has 3 N–H and O–H groups in total. The summed E-state index contributed by atoms with van der Waals surface area (Å²) in [5.41, 5.74) is -0.909. The highest BCUT2D eigenvalue weighted by atomic mass is 19.1. The molecule has 3 atom stereocenters. The number of methoxy groups -OCH3 is 1. The number of hydrogen-bond acceptors (Lipinski definition) is 6. The largest absolute Gasteiger partial charge is 0.394 e. The summed E-state index contributed by atoms with van der Waals surface area (Å²) in [7, 11) is 2.06. The maximum absolute atomic E-state index is 11.5. The molecule has 9 heteroatoms. The standard InChI is InChI=1S/C10H14N2O4.C6H12O2.CH3F/c1-6-4-7(5-13)16-9(6)12-3-2-8(14)11-10(12)15;1-8-6(7)4-2-3-5-6;1-2/h2-3,6-7,9,13H,4-5H2,1H3,(H,11,14,15);7H,2-5H2,1H3;1H3. The van der Waals surface area contributed by atoms with E-state index in [1.54, 1.807) is 7.11 Å². The molecule has 150 valence electrons. The van der Waals surface area contributed by atoms with Gasteiger partial charge in [-0.2, -0.15) is 0 Å². The predicted octanol–water partition coefficient (Wildman–Crippen LogP) is 0.934. The van der Waals surface area contributed by atoms with E-state index < -0.39 is 23.3 Å². The van der Waals surface area contributed by atoms with Gasteiger partial charge in [0, 0.05) is 38.1 Å². The first kappa shape index (κ1) is 22.5. The number of aromatic nitrogens is 2. The second-order valence-electron chi connectivity index (χ2n) is 6.42. The predicted molar refractivity (Wildman–Crippen MR) is 93.6 cm³/mol. The first-order valence-electron chi connectivity index (χ1n) is 8.61. The van der Waals surface area contributed by atoms with Crippen LogP contribution < -0.4 is 11.2 Å². The van der Waals surface area contributed by atoms with E-state index in [1.807, 2.05) is 6.92 Å². The maximum atomic E-state index is 11.5. The number of H-pyrrole nitrogens is 1. The molecule has 0 spiro atoms. The lowest BCUT2D eigenvalue weighted by molar-refractivity contribution is -0.178. The van der Waals surface area contributed by atoms with E-state index >= 15 is 0 Å². The minimum atomic E-state index is -0.764. The fraction of sp³-hybridized carbons (Fsp3) is 0.765. The van der Waals surface area contributed by atoms with Gasteiger partial charge < -0.3 is 19.7 Å². The average Bonchev–Trinajstić information content (AvgIpc) is 3.24. The molecular weight excluding hydrogens is 347 g/mol. The lowest BCUT2D eigenvalue weighted by Crippen LogP contribution is -2.33. The Bertz CT molecular complexity index is 641. The molecule has 1 aliphatic carbocycles. The van der Waals surface area contributed by atoms with Gasteiger partial charge in [-0.1, -0.05) is 6.92 Å². The van der Waals surface area contributed by atoms with E-state index in [9.17, 15) is 19.1 Å². The molecule has 3 unspecified atom stereocenters. The molecule has 1 aromatic heterocycles. The van der Waals surface area contributed by atoms with E-state index in [4.69, 9.17) is 14.6 Å². The number of rotatable bonds is 3. The SMILES string of the molecule is CC1CC(CO)OC1n1ccc(=O)[nH]c1=O.CF.COC1(O)CCCC1. The third-order valence-electron chi connectivity index (χ3n) is 4.55. The van der Waals surface area contributed by atoms with Crippen molar-refractivity contribution in [3.05, 3.63) is 33.1 Å². The Kier molecular flexibility index (Phi) is 9.14. The van der Waals surface area contributed by atoms with Crippen LogP contribution in [0.4, 0.5) is 4.39 Å². The molecule has 0 bridgehead atoms. The van der Waals surface area contributed by atoms with E-state index in [-0.39, 0.29) is 18.6 Å². The zero-order valence-corrected chi connectivity index (χ0v) is 15.5. The van der Waals surface area contributed by atoms with Gasteiger partial charge in [-0.25, -0.2) is 4.79 Å². The number of ether oxygens (including phenoxy) is 2. The van der Waals surface area contributed by atoms with Crippen molar-refractivity contribution in [2.45, 2.75) is 57.1 Å². The van der Waals surface area contributed by atoms with E-state index in [0.717, 1.165) is 25.7 Å². The molecule has 1 saturated carbocycles. The smallest absolute Gasteiger partial charge is 0.330 e. The fourth-order valence-electron chi connectivity index (χ4n) is 3.13. The Morgan fingerprint density at radius 3 is 2.42 bits per heavy atom. The summed E-state index contributed by atoms with van der Waals surface area (Å²) in [6.07, 6.45) is 5.29. The van der Waals surface area contributed by atoms with Crippen LogP contribution in [-0.4, -0.2) is 52.5 Å². The van der Waals surface area contributed by atoms with Crippen molar-refractivity contribution in [3.63, 3.8) is 0 Å². The van der Waals surface area contributed by atoms with Crippen molar-refractivity contribution < 1.29 is 24.1 Å². The van der Waals surface area contributed by atoms with Crippen LogP contribution in [0.2, 0.25) is 0 Å². The van der Waals surface area contributed by atoms with E-state index in [2.05, 4.69) is 4.98 Å². The molecule has 0 aromatic carbocycles. The van der Waals surface area contributed by atoms with Gasteiger partial charge in [0.2, 0.25) is 0 Å². The molecule has 3 rings (SSSR count). The third-order valence-corrected chi connectivity index (χ3v) is 4.55. The average molecular weight is 376 g/mol. The summed E-state index contributed by atoms with van der Waals surface area (Å²) in [5.74, 6) is -0.638. The molecule has 2 heterocycles. The number of hydrogen-bond donors (Lipinski definition) is 3. The van der Waals surface area contributed by atoms with Crippen LogP contribution in [0.15, 0.2) is 21.9 Å². The molecule has 1 aliphatic heterocycles. The van der Waals surface area contributed by atoms with Crippen molar-refractivity contribution in [2.75, 3.05) is 20.9 Å². The number of aromatic amines is 1. The van der Waals surface area contributed by atoms with Crippen LogP contribution in [0.25, 0.3) is 0 Å². The molecule has 0 radical (unpaired) electrons. The van der Waals surface area contributed by atoms with Crippen LogP contribution in [0, 0.1) is 5.92 Å². The Morgan fingerprint density at radius 2 is 2.00 bits per heavy atom. The number of nitrogens with zero attached hydrogens (tertiary/aromatic N) is 1. The molecule has 1 saturated heterocycles. The molecule has 2 fully saturated rings. The van der Waals surface area contributed by atoms with Gasteiger partial charge in [0.25, 0.3) is 5.56 Å². The number of aliphatic hydroxyl groups is 2. The second-order valence-corrected chi connectivity index (χ2v) is 6.42. The van der Waals surface area contributed by atoms with Gasteiger partial charge in [0.15, 0.2) is 5.79 Å². The molecule has 0 amide bonds. The van der Waals surface area contributed by atoms with Gasteiger partial charge in [-0.15, -0.1) is 0 Å². The summed E-state index contributed by atoms with van der Waals surface area (Å²) in [6, 6.07) is 1.28. The van der Waals surface area contributed by atoms with Crippen molar-refractivity contribution >= 4 is 0 Å². The number of alkyl halides is 1. The summed E-state index contributed by atoms with van der Waals surface area (Å²) in [4.78, 5) is 24.6. The molecule has 26 heavy (non-hydrogen) atoms. The van der Waals surface area contributed by atoms with Crippen LogP contribution in [0.5, 0.6) is 0 Å². The first-order valence-corrected chi connectivity index (χ1v) is 8.61. The van der Waals surface area contributed by atoms with Crippen molar-refractivity contribution in [1.82, 2.24) is 9.55 Å². The summed E-state index contributed by atoms with van der Waals surface area (Å²) in [5, 5.41) is 18.3. The Balaban J connectivity index is 0.000000284. The maximum Gasteiger partial charge on any atom is 0.330 e. The van der Waals surface area contributed by atoms with E-state index in [1.165, 1.54) is 16.8 Å². The zero-order chi connectivity index (χ0) is 19.7. The quantitative estimate of drug-likeness (QED) is 0.677. The van der Waals surface area contributed by atoms with Crippen molar-refractivity contribution in [3.8, 4) is 0 Å². The zero-order valence-electron chi connectivity index (χ0n) is 15.5. The fourth-order valence-corrected chi connectivity index (χ4v) is 3.13. The second kappa shape index (κ2) is 10.6. The monoisotopic (exact) mass is 376 g/mol. The van der Waals surface area contributed by atoms with E-state index in [0.29, 0.717) is 13.6 Å². The molecular formula is C17H29FN2O6. The van der Waals surface area contributed by atoms with Crippen LogP contribution >= 0.6 is 0 Å². The van der Waals surface area contributed by atoms with Crippen molar-refractivity contribution in [2.24, 2.45) is 5.92 Å². The van der Waals surface area contributed by atoms with Gasteiger partial charge in [0.05, 0.1) is 19.9 Å². The highest BCUT2D eigenvalue weighted by molar-refractivity contribution is 4.87. The van der Waals surface area contributed by atoms with Crippen LogP contribution in [0.3, 0.4) is 0 Å². The van der Waals surface area contributed by atoms with Gasteiger partial charge in [-0.05, 0) is 19.3 Å². The summed E-state index contributed by atoms with van der Waals surface area (Å²) >= 11 is 0. The normalized spacial score (nSPS) is 26.5. The minimum Gasteiger partial charge on any atom is -0.394 e. The topological polar surface area (TPSA) is 114 Å². The summed E-state index contributed by atoms with van der Waals surface area (Å²) in [6.45, 7) is 1.89. The molecule has 8 nitrogen and oxygen atoms in total. The Hall–Kier alpha value is -1.55. The Morgan fingerprint density at radius 1 is 1.38 bits per heavy atom. The van der Waals surface area contributed by atoms with Gasteiger partial charge in [0.1, 0.15) is 6.23 Å². The third kappa shape index (κ3) is 6.01. The van der Waals surface area contributed by atoms with Gasteiger partial charge >= 0.3 is 5.69 Å². The highest BCUT2D eigenvalue weighted by Gasteiger charge is 2.33. The lowest BCUT2D eigenvalue weighted by atomic mass is 10.1. The van der Waals surface area contributed by atoms with Crippen LogP contribution in [-0.2, 0) is 9.47 Å². The van der Waals surface area contributed by atoms with Crippen LogP contribution in [0.1, 0.15) is 45.3 Å². The lowest BCUT2D eigenvalue weighted by Gasteiger charge is -2.18. The molecule has 1 aromatic rings. The minimum absolute atomic E-state index is 0.0566. The molecule has 2 aliphatic rings. The van der Waals surface area contributed by atoms with Crippen molar-refractivity contribution in [1.29, 1.82) is 0 Å². The number of aliphatic hydroxyl groups excluding tert-OH is 1. The van der Waals surface area contributed by atoms with Gasteiger partial charge in [-0.3, -0.25) is 18.7 Å². The highest BCUT2D eigenvalue weighted by Crippen LogP contribution is 2.32. The number of halogens is 1. The summed E-state index contributed by atoms with van der Waals surface area (Å²) < 4.78 is 21.2. The number of nitrogens with one attached hydrogen (secondary N) is 1. The first-order chi connectivity index (χ1) is 12.4.